The maximum Gasteiger partial charge on any atom is 0.234 e. The van der Waals surface area contributed by atoms with Crippen molar-refractivity contribution in [1.82, 2.24) is 10.2 Å². The summed E-state index contributed by atoms with van der Waals surface area (Å²) in [6, 6.07) is 12.3. The Balaban J connectivity index is 1.57. The minimum Gasteiger partial charge on any atom is -0.350 e. The third kappa shape index (κ3) is 3.88. The van der Waals surface area contributed by atoms with E-state index in [0.717, 1.165) is 24.4 Å². The Labute approximate surface area is 139 Å². The van der Waals surface area contributed by atoms with Crippen molar-refractivity contribution in [3.8, 4) is 0 Å². The molecule has 1 aliphatic heterocycles. The van der Waals surface area contributed by atoms with E-state index in [0.29, 0.717) is 19.1 Å². The lowest BCUT2D eigenvalue weighted by Crippen LogP contribution is -2.36. The second kappa shape index (κ2) is 7.27. The Morgan fingerprint density at radius 1 is 1.36 bits per heavy atom. The number of carbonyl (C=O) groups excluding carboxylic acids is 1. The molecule has 3 rings (SSSR count). The number of thiophene rings is 1. The van der Waals surface area contributed by atoms with Crippen LogP contribution in [0.25, 0.3) is 0 Å². The van der Waals surface area contributed by atoms with E-state index < -0.39 is 0 Å². The molecule has 1 fully saturated rings. The summed E-state index contributed by atoms with van der Waals surface area (Å²) in [6.07, 6.45) is 2.20. The van der Waals surface area contributed by atoms with Crippen molar-refractivity contribution in [3.63, 3.8) is 0 Å². The molecule has 2 heterocycles. The molecule has 1 aromatic heterocycles. The molecule has 1 aliphatic rings. The summed E-state index contributed by atoms with van der Waals surface area (Å²) in [4.78, 5) is 15.6. The standard InChI is InChI=1S/C17H19ClN2OS/c18-14-5-1-4-13(10-14)16-7-2-8-20(16)12-17(21)19-11-15-6-3-9-22-15/h1,3-6,9-10,16H,2,7-8,11-12H2,(H,19,21). The van der Waals surface area contributed by atoms with E-state index in [1.807, 2.05) is 35.7 Å². The van der Waals surface area contributed by atoms with Crippen molar-refractivity contribution in [2.75, 3.05) is 13.1 Å². The monoisotopic (exact) mass is 334 g/mol. The highest BCUT2D eigenvalue weighted by Crippen LogP contribution is 2.32. The number of carbonyl (C=O) groups is 1. The lowest BCUT2D eigenvalue weighted by molar-refractivity contribution is -0.122. The SMILES string of the molecule is O=C(CN1CCCC1c1cccc(Cl)c1)NCc1cccs1. The molecule has 0 radical (unpaired) electrons. The highest BCUT2D eigenvalue weighted by Gasteiger charge is 2.27. The van der Waals surface area contributed by atoms with E-state index in [1.54, 1.807) is 11.3 Å². The van der Waals surface area contributed by atoms with Gasteiger partial charge in [0.25, 0.3) is 0 Å². The van der Waals surface area contributed by atoms with Gasteiger partial charge in [-0.15, -0.1) is 11.3 Å². The first kappa shape index (κ1) is 15.5. The number of benzene rings is 1. The number of hydrogen-bond donors (Lipinski definition) is 1. The molecule has 1 amide bonds. The van der Waals surface area contributed by atoms with Crippen molar-refractivity contribution in [2.45, 2.75) is 25.4 Å². The van der Waals surface area contributed by atoms with Crippen LogP contribution in [0.4, 0.5) is 0 Å². The van der Waals surface area contributed by atoms with Gasteiger partial charge in [0.2, 0.25) is 5.91 Å². The Hall–Kier alpha value is -1.36. The van der Waals surface area contributed by atoms with E-state index in [4.69, 9.17) is 11.6 Å². The molecule has 1 atom stereocenters. The van der Waals surface area contributed by atoms with Gasteiger partial charge in [-0.1, -0.05) is 29.8 Å². The largest absolute Gasteiger partial charge is 0.350 e. The van der Waals surface area contributed by atoms with Gasteiger partial charge in [-0.3, -0.25) is 9.69 Å². The van der Waals surface area contributed by atoms with Gasteiger partial charge in [-0.2, -0.15) is 0 Å². The van der Waals surface area contributed by atoms with E-state index in [9.17, 15) is 4.79 Å². The van der Waals surface area contributed by atoms with Crippen molar-refractivity contribution in [1.29, 1.82) is 0 Å². The highest BCUT2D eigenvalue weighted by atomic mass is 35.5. The predicted molar refractivity (Wildman–Crippen MR) is 91.2 cm³/mol. The first-order valence-corrected chi connectivity index (χ1v) is 8.77. The summed E-state index contributed by atoms with van der Waals surface area (Å²) >= 11 is 7.75. The predicted octanol–water partition coefficient (Wildman–Crippen LogP) is 3.85. The maximum atomic E-state index is 12.2. The number of amides is 1. The quantitative estimate of drug-likeness (QED) is 0.900. The minimum atomic E-state index is 0.0855. The summed E-state index contributed by atoms with van der Waals surface area (Å²) in [6.45, 7) is 2.03. The fraction of sp³-hybridized carbons (Fsp3) is 0.353. The molecule has 0 aliphatic carbocycles. The molecule has 0 bridgehead atoms. The van der Waals surface area contributed by atoms with Crippen LogP contribution in [0.3, 0.4) is 0 Å². The van der Waals surface area contributed by atoms with Crippen molar-refractivity contribution < 1.29 is 4.79 Å². The Kier molecular flexibility index (Phi) is 5.13. The summed E-state index contributed by atoms with van der Waals surface area (Å²) in [5.41, 5.74) is 1.20. The van der Waals surface area contributed by atoms with Gasteiger partial charge in [-0.05, 0) is 48.5 Å². The first-order valence-electron chi connectivity index (χ1n) is 7.51. The summed E-state index contributed by atoms with van der Waals surface area (Å²) in [7, 11) is 0. The van der Waals surface area contributed by atoms with Crippen LogP contribution in [0.5, 0.6) is 0 Å². The molecule has 22 heavy (non-hydrogen) atoms. The summed E-state index contributed by atoms with van der Waals surface area (Å²) in [5, 5.41) is 5.78. The van der Waals surface area contributed by atoms with E-state index in [1.165, 1.54) is 10.4 Å². The fourth-order valence-electron chi connectivity index (χ4n) is 2.95. The van der Waals surface area contributed by atoms with Crippen LogP contribution in [-0.4, -0.2) is 23.9 Å². The van der Waals surface area contributed by atoms with Crippen molar-refractivity contribution in [3.05, 3.63) is 57.2 Å². The molecule has 5 heteroatoms. The third-order valence-corrected chi connectivity index (χ3v) is 5.10. The zero-order chi connectivity index (χ0) is 15.4. The summed E-state index contributed by atoms with van der Waals surface area (Å²) < 4.78 is 0. The Morgan fingerprint density at radius 2 is 2.27 bits per heavy atom. The second-order valence-electron chi connectivity index (χ2n) is 5.54. The zero-order valence-corrected chi connectivity index (χ0v) is 13.9. The van der Waals surface area contributed by atoms with Crippen LogP contribution >= 0.6 is 22.9 Å². The van der Waals surface area contributed by atoms with Crippen LogP contribution in [-0.2, 0) is 11.3 Å². The number of nitrogens with one attached hydrogen (secondary N) is 1. The third-order valence-electron chi connectivity index (χ3n) is 3.98. The number of hydrogen-bond acceptors (Lipinski definition) is 3. The molecule has 1 aromatic carbocycles. The van der Waals surface area contributed by atoms with Gasteiger partial charge in [0.05, 0.1) is 13.1 Å². The number of nitrogens with zero attached hydrogens (tertiary/aromatic N) is 1. The van der Waals surface area contributed by atoms with Crippen LogP contribution < -0.4 is 5.32 Å². The molecular formula is C17H19ClN2OS. The normalized spacial score (nSPS) is 18.5. The minimum absolute atomic E-state index is 0.0855. The van der Waals surface area contributed by atoms with Crippen LogP contribution in [0.1, 0.15) is 29.3 Å². The van der Waals surface area contributed by atoms with Gasteiger partial charge in [0.15, 0.2) is 0 Å². The van der Waals surface area contributed by atoms with Gasteiger partial charge in [0.1, 0.15) is 0 Å². The molecule has 3 nitrogen and oxygen atoms in total. The van der Waals surface area contributed by atoms with Gasteiger partial charge in [0, 0.05) is 15.9 Å². The summed E-state index contributed by atoms with van der Waals surface area (Å²) in [5.74, 6) is 0.0855. The second-order valence-corrected chi connectivity index (χ2v) is 7.01. The van der Waals surface area contributed by atoms with Crippen molar-refractivity contribution >= 4 is 28.8 Å². The fourth-order valence-corrected chi connectivity index (χ4v) is 3.79. The Morgan fingerprint density at radius 3 is 3.05 bits per heavy atom. The average molecular weight is 335 g/mol. The van der Waals surface area contributed by atoms with Gasteiger partial charge >= 0.3 is 0 Å². The number of likely N-dealkylation sites (tertiary alicyclic amines) is 1. The van der Waals surface area contributed by atoms with E-state index in [-0.39, 0.29) is 5.91 Å². The zero-order valence-electron chi connectivity index (χ0n) is 12.3. The Bertz CT molecular complexity index is 629. The highest BCUT2D eigenvalue weighted by molar-refractivity contribution is 7.09. The average Bonchev–Trinajstić information content (AvgIpc) is 3.16. The van der Waals surface area contributed by atoms with Gasteiger partial charge in [-0.25, -0.2) is 0 Å². The molecule has 116 valence electrons. The molecular weight excluding hydrogens is 316 g/mol. The van der Waals surface area contributed by atoms with E-state index in [2.05, 4.69) is 16.3 Å². The topological polar surface area (TPSA) is 32.3 Å². The molecule has 1 saturated heterocycles. The molecule has 0 spiro atoms. The van der Waals surface area contributed by atoms with E-state index >= 15 is 0 Å². The van der Waals surface area contributed by atoms with Gasteiger partial charge < -0.3 is 5.32 Å². The lowest BCUT2D eigenvalue weighted by Gasteiger charge is -2.24. The van der Waals surface area contributed by atoms with Crippen LogP contribution in [0.2, 0.25) is 5.02 Å². The first-order chi connectivity index (χ1) is 10.7. The maximum absolute atomic E-state index is 12.2. The molecule has 1 N–H and O–H groups in total. The molecule has 2 aromatic rings. The number of rotatable bonds is 5. The van der Waals surface area contributed by atoms with Crippen LogP contribution in [0.15, 0.2) is 41.8 Å². The molecule has 1 unspecified atom stereocenters. The van der Waals surface area contributed by atoms with Crippen LogP contribution in [0, 0.1) is 0 Å². The lowest BCUT2D eigenvalue weighted by atomic mass is 10.0. The smallest absolute Gasteiger partial charge is 0.234 e. The van der Waals surface area contributed by atoms with Crippen molar-refractivity contribution in [2.24, 2.45) is 0 Å². The number of halogens is 1. The molecule has 0 saturated carbocycles.